The molecule has 4 heteroatoms. The summed E-state index contributed by atoms with van der Waals surface area (Å²) >= 11 is 0. The van der Waals surface area contributed by atoms with Crippen molar-refractivity contribution in [2.45, 2.75) is 33.2 Å². The van der Waals surface area contributed by atoms with Gasteiger partial charge in [-0.2, -0.15) is 10.2 Å². The highest BCUT2D eigenvalue weighted by atomic mass is 16.5. The number of carbonyl (C=O) groups is 1. The number of carbonyl (C=O) groups excluding carboxylic acids is 1. The molecule has 0 fully saturated rings. The summed E-state index contributed by atoms with van der Waals surface area (Å²) in [6, 6.07) is 9.63. The van der Waals surface area contributed by atoms with Gasteiger partial charge in [0.25, 0.3) is 0 Å². The van der Waals surface area contributed by atoms with Crippen LogP contribution < -0.4 is 0 Å². The summed E-state index contributed by atoms with van der Waals surface area (Å²) in [5.74, 6) is -0.0211. The van der Waals surface area contributed by atoms with Crippen LogP contribution in [-0.2, 0) is 9.53 Å². The van der Waals surface area contributed by atoms with Crippen molar-refractivity contribution in [1.29, 1.82) is 0 Å². The highest BCUT2D eigenvalue weighted by Crippen LogP contribution is 2.20. The van der Waals surface area contributed by atoms with Crippen molar-refractivity contribution in [2.24, 2.45) is 22.1 Å². The minimum Gasteiger partial charge on any atom is -0.469 e. The molecule has 0 N–H and O–H groups in total. The normalized spacial score (nSPS) is 14.6. The van der Waals surface area contributed by atoms with Gasteiger partial charge in [0, 0.05) is 0 Å². The lowest BCUT2D eigenvalue weighted by atomic mass is 9.94. The van der Waals surface area contributed by atoms with Crippen molar-refractivity contribution in [1.82, 2.24) is 0 Å². The maximum atomic E-state index is 11.4. The molecular weight excluding hydrogens is 240 g/mol. The van der Waals surface area contributed by atoms with E-state index in [-0.39, 0.29) is 17.9 Å². The lowest BCUT2D eigenvalue weighted by Crippen LogP contribution is -2.22. The average Bonchev–Trinajstić information content (AvgIpc) is 2.42. The fraction of sp³-hybridized carbons (Fsp3) is 0.533. The highest BCUT2D eigenvalue weighted by Gasteiger charge is 2.21. The second-order valence-corrected chi connectivity index (χ2v) is 5.02. The van der Waals surface area contributed by atoms with E-state index in [0.717, 1.165) is 5.69 Å². The highest BCUT2D eigenvalue weighted by molar-refractivity contribution is 5.71. The monoisotopic (exact) mass is 262 g/mol. The van der Waals surface area contributed by atoms with E-state index in [4.69, 9.17) is 4.74 Å². The van der Waals surface area contributed by atoms with E-state index in [1.54, 1.807) is 0 Å². The molecule has 19 heavy (non-hydrogen) atoms. The number of nitrogens with zero attached hydrogens (tertiary/aromatic N) is 2. The molecule has 0 aliphatic heterocycles. The van der Waals surface area contributed by atoms with Crippen LogP contribution in [0, 0.1) is 11.8 Å². The number of hydrogen-bond acceptors (Lipinski definition) is 4. The Bertz CT molecular complexity index is 415. The Kier molecular flexibility index (Phi) is 6.19. The van der Waals surface area contributed by atoms with E-state index in [2.05, 4.69) is 24.1 Å². The maximum absolute atomic E-state index is 11.4. The molecule has 0 spiro atoms. The van der Waals surface area contributed by atoms with Gasteiger partial charge < -0.3 is 4.74 Å². The smallest absolute Gasteiger partial charge is 0.308 e. The molecule has 0 saturated carbocycles. The second kappa shape index (κ2) is 7.67. The Labute approximate surface area is 114 Å². The van der Waals surface area contributed by atoms with Crippen molar-refractivity contribution in [3.63, 3.8) is 0 Å². The molecule has 0 radical (unpaired) electrons. The molecule has 104 valence electrons. The Hall–Kier alpha value is -1.71. The van der Waals surface area contributed by atoms with Gasteiger partial charge in [0.2, 0.25) is 0 Å². The minimum atomic E-state index is -0.194. The standard InChI is InChI=1S/C15H22N2O2/c1-11(2)14(10-12(3)15(18)19-4)17-16-13-8-6-5-7-9-13/h5-9,11-12,14H,10H2,1-4H3. The molecule has 0 heterocycles. The first-order chi connectivity index (χ1) is 9.04. The summed E-state index contributed by atoms with van der Waals surface area (Å²) in [5.41, 5.74) is 0.832. The Morgan fingerprint density at radius 3 is 2.37 bits per heavy atom. The number of benzene rings is 1. The van der Waals surface area contributed by atoms with E-state index in [0.29, 0.717) is 12.3 Å². The number of esters is 1. The summed E-state index contributed by atoms with van der Waals surface area (Å²) in [5, 5.41) is 8.61. The molecular formula is C15H22N2O2. The van der Waals surface area contributed by atoms with E-state index in [9.17, 15) is 4.79 Å². The number of rotatable bonds is 6. The van der Waals surface area contributed by atoms with Crippen LogP contribution in [0.5, 0.6) is 0 Å². The topological polar surface area (TPSA) is 51.0 Å². The SMILES string of the molecule is COC(=O)C(C)CC(N=Nc1ccccc1)C(C)C. The third-order valence-electron chi connectivity index (χ3n) is 3.05. The van der Waals surface area contributed by atoms with E-state index in [1.807, 2.05) is 37.3 Å². The van der Waals surface area contributed by atoms with Crippen LogP contribution in [0.2, 0.25) is 0 Å². The van der Waals surface area contributed by atoms with Gasteiger partial charge in [0.1, 0.15) is 0 Å². The molecule has 0 aliphatic carbocycles. The molecule has 1 rings (SSSR count). The first-order valence-corrected chi connectivity index (χ1v) is 6.58. The number of hydrogen-bond donors (Lipinski definition) is 0. The van der Waals surface area contributed by atoms with E-state index < -0.39 is 0 Å². The van der Waals surface area contributed by atoms with Gasteiger partial charge in [-0.05, 0) is 24.5 Å². The van der Waals surface area contributed by atoms with Gasteiger partial charge in [-0.15, -0.1) is 0 Å². The lowest BCUT2D eigenvalue weighted by molar-refractivity contribution is -0.145. The van der Waals surface area contributed by atoms with Crippen molar-refractivity contribution < 1.29 is 9.53 Å². The Balaban J connectivity index is 2.68. The number of ether oxygens (including phenoxy) is 1. The molecule has 0 aliphatic rings. The van der Waals surface area contributed by atoms with Gasteiger partial charge in [0.15, 0.2) is 0 Å². The Morgan fingerprint density at radius 2 is 1.84 bits per heavy atom. The molecule has 2 atom stereocenters. The van der Waals surface area contributed by atoms with Crippen LogP contribution in [0.1, 0.15) is 27.2 Å². The van der Waals surface area contributed by atoms with Gasteiger partial charge in [0.05, 0.1) is 24.8 Å². The molecule has 0 amide bonds. The Morgan fingerprint density at radius 1 is 1.21 bits per heavy atom. The molecule has 1 aromatic carbocycles. The van der Waals surface area contributed by atoms with Crippen molar-refractivity contribution in [3.8, 4) is 0 Å². The van der Waals surface area contributed by atoms with Crippen LogP contribution in [-0.4, -0.2) is 19.1 Å². The molecule has 0 bridgehead atoms. The second-order valence-electron chi connectivity index (χ2n) is 5.02. The van der Waals surface area contributed by atoms with Crippen LogP contribution in [0.3, 0.4) is 0 Å². The van der Waals surface area contributed by atoms with Gasteiger partial charge in [-0.25, -0.2) is 0 Å². The van der Waals surface area contributed by atoms with Gasteiger partial charge in [-0.1, -0.05) is 39.0 Å². The summed E-state index contributed by atoms with van der Waals surface area (Å²) in [6.45, 7) is 6.02. The van der Waals surface area contributed by atoms with Crippen LogP contribution in [0.25, 0.3) is 0 Å². The predicted molar refractivity (Wildman–Crippen MR) is 75.4 cm³/mol. The van der Waals surface area contributed by atoms with Crippen LogP contribution in [0.4, 0.5) is 5.69 Å². The summed E-state index contributed by atoms with van der Waals surface area (Å²) in [6.07, 6.45) is 0.653. The lowest BCUT2D eigenvalue weighted by Gasteiger charge is -2.18. The third kappa shape index (κ3) is 5.20. The van der Waals surface area contributed by atoms with Crippen molar-refractivity contribution in [3.05, 3.63) is 30.3 Å². The third-order valence-corrected chi connectivity index (χ3v) is 3.05. The minimum absolute atomic E-state index is 0.0225. The van der Waals surface area contributed by atoms with E-state index in [1.165, 1.54) is 7.11 Å². The molecule has 0 aromatic heterocycles. The zero-order chi connectivity index (χ0) is 14.3. The van der Waals surface area contributed by atoms with Gasteiger partial charge in [-0.3, -0.25) is 4.79 Å². The summed E-state index contributed by atoms with van der Waals surface area (Å²) in [7, 11) is 1.41. The van der Waals surface area contributed by atoms with Crippen LogP contribution in [0.15, 0.2) is 40.6 Å². The van der Waals surface area contributed by atoms with E-state index >= 15 is 0 Å². The summed E-state index contributed by atoms with van der Waals surface area (Å²) in [4.78, 5) is 11.4. The zero-order valence-electron chi connectivity index (χ0n) is 12.0. The maximum Gasteiger partial charge on any atom is 0.308 e. The zero-order valence-corrected chi connectivity index (χ0v) is 12.0. The summed E-state index contributed by atoms with van der Waals surface area (Å²) < 4.78 is 4.74. The fourth-order valence-electron chi connectivity index (χ4n) is 1.75. The molecule has 4 nitrogen and oxygen atoms in total. The first kappa shape index (κ1) is 15.3. The van der Waals surface area contributed by atoms with Crippen molar-refractivity contribution >= 4 is 11.7 Å². The fourth-order valence-corrected chi connectivity index (χ4v) is 1.75. The largest absolute Gasteiger partial charge is 0.469 e. The van der Waals surface area contributed by atoms with Crippen molar-refractivity contribution in [2.75, 3.05) is 7.11 Å². The average molecular weight is 262 g/mol. The van der Waals surface area contributed by atoms with Gasteiger partial charge >= 0.3 is 5.97 Å². The molecule has 0 saturated heterocycles. The van der Waals surface area contributed by atoms with Crippen LogP contribution >= 0.6 is 0 Å². The first-order valence-electron chi connectivity index (χ1n) is 6.58. The molecule has 2 unspecified atom stereocenters. The molecule has 1 aromatic rings. The quantitative estimate of drug-likeness (QED) is 0.575. The number of azo groups is 1. The number of methoxy groups -OCH3 is 1. The predicted octanol–water partition coefficient (Wildman–Crippen LogP) is 3.99.